The lowest BCUT2D eigenvalue weighted by atomic mass is 10.1. The summed E-state index contributed by atoms with van der Waals surface area (Å²) >= 11 is 0.822. The molecule has 6 nitrogen and oxygen atoms in total. The van der Waals surface area contributed by atoms with Crippen LogP contribution in [0.3, 0.4) is 0 Å². The summed E-state index contributed by atoms with van der Waals surface area (Å²) in [5.41, 5.74) is 1.31. The topological polar surface area (TPSA) is 99.3 Å². The van der Waals surface area contributed by atoms with Crippen molar-refractivity contribution in [2.75, 3.05) is 0 Å². The highest BCUT2D eigenvalue weighted by Gasteiger charge is 2.25. The number of H-pyrrole nitrogens is 1. The Bertz CT molecular complexity index is 791. The van der Waals surface area contributed by atoms with Crippen molar-refractivity contribution in [3.05, 3.63) is 40.4 Å². The molecular weight excluding hydrogens is 280 g/mol. The number of para-hydroxylation sites is 1. The van der Waals surface area contributed by atoms with Gasteiger partial charge in [0, 0.05) is 17.1 Å². The van der Waals surface area contributed by atoms with Gasteiger partial charge in [0.2, 0.25) is 0 Å². The first kappa shape index (κ1) is 12.5. The van der Waals surface area contributed by atoms with Gasteiger partial charge in [0.05, 0.1) is 16.0 Å². The molecule has 2 aromatic rings. The van der Waals surface area contributed by atoms with Gasteiger partial charge in [-0.2, -0.15) is 0 Å². The van der Waals surface area contributed by atoms with Crippen molar-refractivity contribution >= 4 is 45.9 Å². The first-order valence-electron chi connectivity index (χ1n) is 5.64. The summed E-state index contributed by atoms with van der Waals surface area (Å²) in [7, 11) is 0. The maximum atomic E-state index is 11.5. The Balaban J connectivity index is 2.12. The molecule has 3 rings (SSSR count). The molecule has 1 aromatic heterocycles. The third-order valence-electron chi connectivity index (χ3n) is 2.91. The van der Waals surface area contributed by atoms with E-state index in [2.05, 4.69) is 10.3 Å². The normalized spacial score (nSPS) is 16.9. The van der Waals surface area contributed by atoms with Crippen LogP contribution >= 0.6 is 11.8 Å². The molecule has 0 bridgehead atoms. The van der Waals surface area contributed by atoms with Crippen LogP contribution in [0.5, 0.6) is 0 Å². The Hall–Kier alpha value is -2.54. The molecule has 0 unspecified atom stereocenters. The fourth-order valence-electron chi connectivity index (χ4n) is 2.04. The van der Waals surface area contributed by atoms with E-state index in [1.807, 2.05) is 0 Å². The van der Waals surface area contributed by atoms with Gasteiger partial charge in [0.25, 0.3) is 11.1 Å². The van der Waals surface area contributed by atoms with Crippen LogP contribution in [-0.2, 0) is 4.79 Å². The Labute approximate surface area is 116 Å². The number of carboxylic acids is 1. The summed E-state index contributed by atoms with van der Waals surface area (Å²) < 4.78 is 0. The lowest BCUT2D eigenvalue weighted by Gasteiger charge is -1.97. The lowest BCUT2D eigenvalue weighted by Crippen LogP contribution is -2.17. The molecule has 0 saturated carbocycles. The van der Waals surface area contributed by atoms with Gasteiger partial charge in [0.15, 0.2) is 0 Å². The molecule has 1 aliphatic heterocycles. The van der Waals surface area contributed by atoms with E-state index in [0.717, 1.165) is 11.8 Å². The number of hydrogen-bond acceptors (Lipinski definition) is 4. The zero-order valence-electron chi connectivity index (χ0n) is 9.97. The Kier molecular flexibility index (Phi) is 2.83. The molecule has 0 atom stereocenters. The fraction of sp³-hybridized carbons (Fsp3) is 0. The lowest BCUT2D eigenvalue weighted by molar-refractivity contribution is -0.115. The minimum absolute atomic E-state index is 0.159. The van der Waals surface area contributed by atoms with E-state index >= 15 is 0 Å². The molecular formula is C13H8N2O4S. The molecule has 2 amide bonds. The predicted molar refractivity (Wildman–Crippen MR) is 74.4 cm³/mol. The summed E-state index contributed by atoms with van der Waals surface area (Å²) in [4.78, 5) is 36.9. The standard InChI is InChI=1S/C13H8N2O4S/c16-11-9(20-13(19)15-11)4-6-5-14-10-7(6)2-1-3-8(10)12(17)18/h1-5,14H,(H,17,18)(H,15,16,19). The molecule has 1 aromatic carbocycles. The number of thioether (sulfide) groups is 1. The maximum absolute atomic E-state index is 11.5. The van der Waals surface area contributed by atoms with Crippen LogP contribution in [0.4, 0.5) is 4.79 Å². The number of benzene rings is 1. The average molecular weight is 288 g/mol. The van der Waals surface area contributed by atoms with E-state index in [9.17, 15) is 14.4 Å². The molecule has 0 spiro atoms. The summed E-state index contributed by atoms with van der Waals surface area (Å²) in [6.45, 7) is 0. The van der Waals surface area contributed by atoms with E-state index < -0.39 is 17.1 Å². The number of nitrogens with one attached hydrogen (secondary N) is 2. The van der Waals surface area contributed by atoms with Gasteiger partial charge in [0.1, 0.15) is 0 Å². The van der Waals surface area contributed by atoms with Crippen LogP contribution in [0.2, 0.25) is 0 Å². The number of aromatic amines is 1. The van der Waals surface area contributed by atoms with Crippen LogP contribution in [0.25, 0.3) is 17.0 Å². The van der Waals surface area contributed by atoms with Crippen LogP contribution < -0.4 is 5.32 Å². The van der Waals surface area contributed by atoms with Crippen LogP contribution in [0.1, 0.15) is 15.9 Å². The quantitative estimate of drug-likeness (QED) is 0.736. The molecule has 2 heterocycles. The third-order valence-corrected chi connectivity index (χ3v) is 3.72. The number of carboxylic acid groups (broad SMARTS) is 1. The summed E-state index contributed by atoms with van der Waals surface area (Å²) in [5, 5.41) is 11.5. The first-order chi connectivity index (χ1) is 9.56. The number of carbonyl (C=O) groups is 3. The van der Waals surface area contributed by atoms with Crippen molar-refractivity contribution in [2.24, 2.45) is 0 Å². The van der Waals surface area contributed by atoms with Crippen molar-refractivity contribution in [1.82, 2.24) is 10.3 Å². The second kappa shape index (κ2) is 4.53. The summed E-state index contributed by atoms with van der Waals surface area (Å²) in [6, 6.07) is 4.89. The number of aromatic nitrogens is 1. The first-order valence-corrected chi connectivity index (χ1v) is 6.46. The Morgan fingerprint density at radius 1 is 1.30 bits per heavy atom. The van der Waals surface area contributed by atoms with E-state index in [1.165, 1.54) is 6.07 Å². The van der Waals surface area contributed by atoms with Crippen molar-refractivity contribution < 1.29 is 19.5 Å². The predicted octanol–water partition coefficient (Wildman–Crippen LogP) is 2.19. The number of amides is 2. The number of rotatable bonds is 2. The number of imide groups is 1. The molecule has 0 radical (unpaired) electrons. The molecule has 3 N–H and O–H groups in total. The molecule has 0 aliphatic carbocycles. The van der Waals surface area contributed by atoms with Gasteiger partial charge in [-0.25, -0.2) is 4.79 Å². The largest absolute Gasteiger partial charge is 0.478 e. The Morgan fingerprint density at radius 2 is 2.10 bits per heavy atom. The van der Waals surface area contributed by atoms with Crippen LogP contribution in [0.15, 0.2) is 29.3 Å². The fourth-order valence-corrected chi connectivity index (χ4v) is 2.71. The van der Waals surface area contributed by atoms with Gasteiger partial charge in [-0.05, 0) is 23.9 Å². The number of fused-ring (bicyclic) bond motifs is 1. The van der Waals surface area contributed by atoms with E-state index in [1.54, 1.807) is 24.4 Å². The minimum atomic E-state index is -1.03. The maximum Gasteiger partial charge on any atom is 0.337 e. The molecule has 1 aliphatic rings. The third kappa shape index (κ3) is 1.97. The monoisotopic (exact) mass is 288 g/mol. The highest BCUT2D eigenvalue weighted by molar-refractivity contribution is 8.18. The van der Waals surface area contributed by atoms with Crippen molar-refractivity contribution in [3.8, 4) is 0 Å². The van der Waals surface area contributed by atoms with E-state index in [0.29, 0.717) is 16.5 Å². The van der Waals surface area contributed by atoms with Gasteiger partial charge < -0.3 is 10.1 Å². The number of aromatic carboxylic acids is 1. The molecule has 7 heteroatoms. The van der Waals surface area contributed by atoms with Crippen LogP contribution in [0, 0.1) is 0 Å². The molecule has 20 heavy (non-hydrogen) atoms. The van der Waals surface area contributed by atoms with E-state index in [4.69, 9.17) is 5.11 Å². The Morgan fingerprint density at radius 3 is 2.75 bits per heavy atom. The summed E-state index contributed by atoms with van der Waals surface area (Å²) in [6.07, 6.45) is 3.18. The highest BCUT2D eigenvalue weighted by Crippen LogP contribution is 2.29. The second-order valence-electron chi connectivity index (χ2n) is 4.13. The van der Waals surface area contributed by atoms with Gasteiger partial charge in [-0.1, -0.05) is 12.1 Å². The van der Waals surface area contributed by atoms with Gasteiger partial charge >= 0.3 is 5.97 Å². The number of carbonyl (C=O) groups excluding carboxylic acids is 2. The van der Waals surface area contributed by atoms with Crippen molar-refractivity contribution in [3.63, 3.8) is 0 Å². The smallest absolute Gasteiger partial charge is 0.337 e. The van der Waals surface area contributed by atoms with Gasteiger partial charge in [-0.15, -0.1) is 0 Å². The van der Waals surface area contributed by atoms with E-state index in [-0.39, 0.29) is 10.5 Å². The summed E-state index contributed by atoms with van der Waals surface area (Å²) in [5.74, 6) is -1.47. The highest BCUT2D eigenvalue weighted by atomic mass is 32.2. The number of hydrogen-bond donors (Lipinski definition) is 3. The molecule has 100 valence electrons. The zero-order valence-corrected chi connectivity index (χ0v) is 10.8. The average Bonchev–Trinajstić information content (AvgIpc) is 2.94. The minimum Gasteiger partial charge on any atom is -0.478 e. The van der Waals surface area contributed by atoms with Crippen molar-refractivity contribution in [2.45, 2.75) is 0 Å². The molecule has 1 saturated heterocycles. The van der Waals surface area contributed by atoms with Gasteiger partial charge in [-0.3, -0.25) is 14.9 Å². The SMILES string of the molecule is O=C1NC(=O)C(=Cc2c[nH]c3c(C(=O)O)cccc23)S1. The zero-order chi connectivity index (χ0) is 14.3. The molecule has 1 fully saturated rings. The van der Waals surface area contributed by atoms with Crippen molar-refractivity contribution in [1.29, 1.82) is 0 Å². The van der Waals surface area contributed by atoms with Crippen LogP contribution in [-0.4, -0.2) is 27.2 Å². The second-order valence-corrected chi connectivity index (χ2v) is 5.14.